The number of amides is 2. The van der Waals surface area contributed by atoms with Crippen molar-refractivity contribution in [2.45, 2.75) is 33.1 Å². The lowest BCUT2D eigenvalue weighted by Crippen LogP contribution is -2.28. The van der Waals surface area contributed by atoms with Crippen LogP contribution in [0.4, 0.5) is 17.1 Å². The molecule has 0 saturated carbocycles. The van der Waals surface area contributed by atoms with Crippen molar-refractivity contribution in [3.63, 3.8) is 0 Å². The molecule has 2 amide bonds. The second-order valence-electron chi connectivity index (χ2n) is 7.50. The topological polar surface area (TPSA) is 119 Å². The molecule has 1 atom stereocenters. The fourth-order valence-corrected chi connectivity index (χ4v) is 3.72. The zero-order valence-corrected chi connectivity index (χ0v) is 18.0. The van der Waals surface area contributed by atoms with Crippen LogP contribution in [0.2, 0.25) is 0 Å². The number of nitrogens with one attached hydrogen (secondary N) is 1. The van der Waals surface area contributed by atoms with Crippen molar-refractivity contribution >= 4 is 34.8 Å². The molecular formula is C23H25N3O6. The highest BCUT2D eigenvalue weighted by molar-refractivity contribution is 6.00. The third kappa shape index (κ3) is 5.11. The average Bonchev–Trinajstić information content (AvgIpc) is 3.19. The molecule has 168 valence electrons. The predicted molar refractivity (Wildman–Crippen MR) is 118 cm³/mol. The minimum atomic E-state index is -0.747. The summed E-state index contributed by atoms with van der Waals surface area (Å²) in [5.41, 5.74) is 2.94. The summed E-state index contributed by atoms with van der Waals surface area (Å²) in [6, 6.07) is 11.5. The van der Waals surface area contributed by atoms with Gasteiger partial charge in [0.1, 0.15) is 0 Å². The van der Waals surface area contributed by atoms with Crippen molar-refractivity contribution in [3.05, 3.63) is 63.7 Å². The van der Waals surface area contributed by atoms with E-state index in [9.17, 15) is 24.5 Å². The number of para-hydroxylation sites is 1. The Morgan fingerprint density at radius 1 is 1.16 bits per heavy atom. The van der Waals surface area contributed by atoms with E-state index in [0.717, 1.165) is 29.7 Å². The SMILES string of the molecule is CCc1cccc(CC)c1NC(=O)COC(=O)[C@H]1CC(=O)N(c2cccc([N+](=O)[O-])c2)C1. The lowest BCUT2D eigenvalue weighted by molar-refractivity contribution is -0.384. The van der Waals surface area contributed by atoms with E-state index in [1.165, 1.54) is 23.1 Å². The van der Waals surface area contributed by atoms with Crippen LogP contribution in [-0.2, 0) is 32.0 Å². The second kappa shape index (κ2) is 10.0. The lowest BCUT2D eigenvalue weighted by atomic mass is 10.0. The van der Waals surface area contributed by atoms with Crippen LogP contribution in [0.3, 0.4) is 0 Å². The molecule has 9 heteroatoms. The molecule has 1 fully saturated rings. The molecule has 0 radical (unpaired) electrons. The second-order valence-corrected chi connectivity index (χ2v) is 7.50. The van der Waals surface area contributed by atoms with Gasteiger partial charge in [0.2, 0.25) is 5.91 Å². The van der Waals surface area contributed by atoms with Gasteiger partial charge in [-0.2, -0.15) is 0 Å². The average molecular weight is 439 g/mol. The third-order valence-electron chi connectivity index (χ3n) is 5.42. The molecule has 32 heavy (non-hydrogen) atoms. The molecule has 1 aliphatic rings. The van der Waals surface area contributed by atoms with E-state index in [1.807, 2.05) is 32.0 Å². The molecule has 1 N–H and O–H groups in total. The van der Waals surface area contributed by atoms with E-state index in [1.54, 1.807) is 6.07 Å². The number of ether oxygens (including phenoxy) is 1. The first-order valence-electron chi connectivity index (χ1n) is 10.5. The number of carbonyl (C=O) groups is 3. The van der Waals surface area contributed by atoms with Gasteiger partial charge in [0.25, 0.3) is 11.6 Å². The Bertz CT molecular complexity index is 1030. The summed E-state index contributed by atoms with van der Waals surface area (Å²) in [5.74, 6) is -2.18. The fraction of sp³-hybridized carbons (Fsp3) is 0.348. The Labute approximate surface area is 185 Å². The molecule has 0 bridgehead atoms. The third-order valence-corrected chi connectivity index (χ3v) is 5.42. The van der Waals surface area contributed by atoms with Crippen LogP contribution in [-0.4, -0.2) is 35.9 Å². The summed E-state index contributed by atoms with van der Waals surface area (Å²) in [6.45, 7) is 3.57. The van der Waals surface area contributed by atoms with Crippen LogP contribution < -0.4 is 10.2 Å². The van der Waals surface area contributed by atoms with Crippen LogP contribution in [0, 0.1) is 16.0 Å². The molecule has 0 aromatic heterocycles. The van der Waals surface area contributed by atoms with Gasteiger partial charge in [0.05, 0.1) is 16.5 Å². The van der Waals surface area contributed by atoms with Gasteiger partial charge in [0, 0.05) is 30.8 Å². The predicted octanol–water partition coefficient (Wildman–Crippen LogP) is 3.25. The van der Waals surface area contributed by atoms with Crippen LogP contribution >= 0.6 is 0 Å². The molecule has 1 heterocycles. The fourth-order valence-electron chi connectivity index (χ4n) is 3.72. The molecule has 0 spiro atoms. The maximum absolute atomic E-state index is 12.5. The van der Waals surface area contributed by atoms with Crippen LogP contribution in [0.1, 0.15) is 31.4 Å². The number of nitrogens with zero attached hydrogens (tertiary/aromatic N) is 2. The lowest BCUT2D eigenvalue weighted by Gasteiger charge is -2.16. The van der Waals surface area contributed by atoms with Crippen LogP contribution in [0.5, 0.6) is 0 Å². The van der Waals surface area contributed by atoms with Crippen molar-refractivity contribution in [1.82, 2.24) is 0 Å². The zero-order valence-electron chi connectivity index (χ0n) is 18.0. The van der Waals surface area contributed by atoms with Crippen molar-refractivity contribution in [3.8, 4) is 0 Å². The highest BCUT2D eigenvalue weighted by Gasteiger charge is 2.36. The number of nitro benzene ring substituents is 1. The molecular weight excluding hydrogens is 414 g/mol. The zero-order chi connectivity index (χ0) is 23.3. The van der Waals surface area contributed by atoms with Gasteiger partial charge in [-0.05, 0) is 30.0 Å². The van der Waals surface area contributed by atoms with Crippen molar-refractivity contribution in [1.29, 1.82) is 0 Å². The number of esters is 1. The Morgan fingerprint density at radius 2 is 1.81 bits per heavy atom. The molecule has 1 aliphatic heterocycles. The van der Waals surface area contributed by atoms with E-state index in [4.69, 9.17) is 4.74 Å². The van der Waals surface area contributed by atoms with E-state index >= 15 is 0 Å². The van der Waals surface area contributed by atoms with Gasteiger partial charge in [-0.25, -0.2) is 0 Å². The Hall–Kier alpha value is -3.75. The normalized spacial score (nSPS) is 15.5. The van der Waals surface area contributed by atoms with Gasteiger partial charge in [-0.3, -0.25) is 24.5 Å². The molecule has 0 aliphatic carbocycles. The van der Waals surface area contributed by atoms with E-state index in [-0.39, 0.29) is 24.6 Å². The van der Waals surface area contributed by atoms with E-state index in [2.05, 4.69) is 5.32 Å². The standard InChI is InChI=1S/C23H25N3O6/c1-3-15-7-5-8-16(4-2)22(15)24-20(27)14-32-23(29)17-11-21(28)25(13-17)18-9-6-10-19(12-18)26(30)31/h5-10,12,17H,3-4,11,13-14H2,1-2H3,(H,24,27)/t17-/m0/s1. The minimum Gasteiger partial charge on any atom is -0.455 e. The number of hydrogen-bond acceptors (Lipinski definition) is 6. The Kier molecular flexibility index (Phi) is 7.19. The Balaban J connectivity index is 1.59. The monoisotopic (exact) mass is 439 g/mol. The summed E-state index contributed by atoms with van der Waals surface area (Å²) < 4.78 is 5.16. The van der Waals surface area contributed by atoms with E-state index < -0.39 is 29.3 Å². The summed E-state index contributed by atoms with van der Waals surface area (Å²) in [7, 11) is 0. The molecule has 1 saturated heterocycles. The van der Waals surface area contributed by atoms with Gasteiger partial charge < -0.3 is 15.0 Å². The molecule has 9 nitrogen and oxygen atoms in total. The van der Waals surface area contributed by atoms with Gasteiger partial charge in [-0.1, -0.05) is 38.1 Å². The summed E-state index contributed by atoms with van der Waals surface area (Å²) in [5, 5.41) is 13.8. The van der Waals surface area contributed by atoms with Crippen molar-refractivity contribution in [2.24, 2.45) is 5.92 Å². The Morgan fingerprint density at radius 3 is 2.44 bits per heavy atom. The number of rotatable bonds is 8. The molecule has 0 unspecified atom stereocenters. The van der Waals surface area contributed by atoms with Gasteiger partial charge in [-0.15, -0.1) is 0 Å². The van der Waals surface area contributed by atoms with Crippen LogP contribution in [0.15, 0.2) is 42.5 Å². The number of anilines is 2. The molecule has 2 aromatic carbocycles. The van der Waals surface area contributed by atoms with Gasteiger partial charge >= 0.3 is 5.97 Å². The van der Waals surface area contributed by atoms with Crippen molar-refractivity contribution in [2.75, 3.05) is 23.4 Å². The summed E-state index contributed by atoms with van der Waals surface area (Å²) >= 11 is 0. The number of carbonyl (C=O) groups excluding carboxylic acids is 3. The number of benzene rings is 2. The summed E-state index contributed by atoms with van der Waals surface area (Å²) in [4.78, 5) is 49.0. The minimum absolute atomic E-state index is 0.0408. The summed E-state index contributed by atoms with van der Waals surface area (Å²) in [6.07, 6.45) is 1.42. The number of hydrogen-bond donors (Lipinski definition) is 1. The van der Waals surface area contributed by atoms with E-state index in [0.29, 0.717) is 5.69 Å². The highest BCUT2D eigenvalue weighted by atomic mass is 16.6. The largest absolute Gasteiger partial charge is 0.455 e. The maximum atomic E-state index is 12.5. The number of nitro groups is 1. The number of aryl methyl sites for hydroxylation is 2. The maximum Gasteiger partial charge on any atom is 0.311 e. The first-order chi connectivity index (χ1) is 15.3. The molecule has 3 rings (SSSR count). The first kappa shape index (κ1) is 22.9. The van der Waals surface area contributed by atoms with Gasteiger partial charge in [0.15, 0.2) is 6.61 Å². The molecule has 2 aromatic rings. The highest BCUT2D eigenvalue weighted by Crippen LogP contribution is 2.28. The number of non-ortho nitro benzene ring substituents is 1. The quantitative estimate of drug-likeness (QED) is 0.383. The first-order valence-corrected chi connectivity index (χ1v) is 10.5. The smallest absolute Gasteiger partial charge is 0.311 e. The van der Waals surface area contributed by atoms with Crippen molar-refractivity contribution < 1.29 is 24.0 Å². The van der Waals surface area contributed by atoms with Crippen LogP contribution in [0.25, 0.3) is 0 Å².